The van der Waals surface area contributed by atoms with Crippen molar-refractivity contribution in [3.05, 3.63) is 34.7 Å². The van der Waals surface area contributed by atoms with Crippen LogP contribution >= 0.6 is 23.1 Å². The van der Waals surface area contributed by atoms with Crippen LogP contribution in [0.2, 0.25) is 0 Å². The minimum Gasteiger partial charge on any atom is -0.477 e. The van der Waals surface area contributed by atoms with E-state index in [1.807, 2.05) is 36.0 Å². The van der Waals surface area contributed by atoms with Gasteiger partial charge in [-0.05, 0) is 23.4 Å². The Bertz CT molecular complexity index is 653. The van der Waals surface area contributed by atoms with Crippen molar-refractivity contribution in [2.75, 3.05) is 18.8 Å². The zero-order valence-corrected chi connectivity index (χ0v) is 13.7. The number of carbonyl (C=O) groups is 1. The molecule has 1 aromatic carbocycles. The largest absolute Gasteiger partial charge is 0.477 e. The number of hydrogen-bond donors (Lipinski definition) is 1. The van der Waals surface area contributed by atoms with Crippen molar-refractivity contribution in [1.29, 1.82) is 0 Å². The van der Waals surface area contributed by atoms with Gasteiger partial charge in [0.15, 0.2) is 0 Å². The van der Waals surface area contributed by atoms with Crippen LogP contribution in [0.25, 0.3) is 10.1 Å². The summed E-state index contributed by atoms with van der Waals surface area (Å²) in [4.78, 5) is 14.5. The third-order valence-electron chi connectivity index (χ3n) is 3.95. The first-order chi connectivity index (χ1) is 10.2. The SMILES string of the molecule is CCC1CN(Cc2c(C(=O)O)sc3ccccc23)CCS1. The number of rotatable bonds is 4. The van der Waals surface area contributed by atoms with Gasteiger partial charge in [-0.1, -0.05) is 25.1 Å². The van der Waals surface area contributed by atoms with Crippen LogP contribution in [0.15, 0.2) is 24.3 Å². The molecule has 1 aliphatic heterocycles. The molecule has 0 radical (unpaired) electrons. The molecule has 3 rings (SSSR count). The molecule has 1 aromatic heterocycles. The standard InChI is InChI=1S/C16H19NO2S2/c1-2-11-9-17(7-8-20-11)10-13-12-5-3-4-6-14(12)21-15(13)16(18)19/h3-6,11H,2,7-10H2,1H3,(H,18,19). The van der Waals surface area contributed by atoms with Gasteiger partial charge in [-0.2, -0.15) is 11.8 Å². The second kappa shape index (κ2) is 6.38. The Morgan fingerprint density at radius 2 is 2.24 bits per heavy atom. The number of thioether (sulfide) groups is 1. The maximum Gasteiger partial charge on any atom is 0.346 e. The van der Waals surface area contributed by atoms with Crippen LogP contribution in [0, 0.1) is 0 Å². The maximum absolute atomic E-state index is 11.5. The molecule has 2 heterocycles. The first-order valence-electron chi connectivity index (χ1n) is 7.26. The van der Waals surface area contributed by atoms with Gasteiger partial charge in [0.1, 0.15) is 4.88 Å². The van der Waals surface area contributed by atoms with Crippen molar-refractivity contribution >= 4 is 39.2 Å². The van der Waals surface area contributed by atoms with Gasteiger partial charge in [-0.3, -0.25) is 4.90 Å². The smallest absolute Gasteiger partial charge is 0.346 e. The average molecular weight is 321 g/mol. The van der Waals surface area contributed by atoms with Gasteiger partial charge in [0.2, 0.25) is 0 Å². The summed E-state index contributed by atoms with van der Waals surface area (Å²) in [6, 6.07) is 8.02. The summed E-state index contributed by atoms with van der Waals surface area (Å²) in [6.07, 6.45) is 1.18. The number of fused-ring (bicyclic) bond motifs is 1. The fourth-order valence-corrected chi connectivity index (χ4v) is 5.12. The first-order valence-corrected chi connectivity index (χ1v) is 9.13. The highest BCUT2D eigenvalue weighted by Crippen LogP contribution is 2.33. The van der Waals surface area contributed by atoms with Crippen LogP contribution in [0.5, 0.6) is 0 Å². The van der Waals surface area contributed by atoms with Gasteiger partial charge in [-0.25, -0.2) is 4.79 Å². The minimum atomic E-state index is -0.801. The molecule has 1 N–H and O–H groups in total. The van der Waals surface area contributed by atoms with E-state index >= 15 is 0 Å². The van der Waals surface area contributed by atoms with Crippen molar-refractivity contribution in [3.63, 3.8) is 0 Å². The normalized spacial score (nSPS) is 20.0. The third-order valence-corrected chi connectivity index (χ3v) is 6.53. The lowest BCUT2D eigenvalue weighted by Gasteiger charge is -2.31. The topological polar surface area (TPSA) is 40.5 Å². The lowest BCUT2D eigenvalue weighted by atomic mass is 10.1. The molecule has 1 atom stereocenters. The van der Waals surface area contributed by atoms with Gasteiger partial charge >= 0.3 is 5.97 Å². The van der Waals surface area contributed by atoms with E-state index in [1.165, 1.54) is 17.8 Å². The monoisotopic (exact) mass is 321 g/mol. The third kappa shape index (κ3) is 3.10. The lowest BCUT2D eigenvalue weighted by molar-refractivity contribution is 0.0700. The van der Waals surface area contributed by atoms with Gasteiger partial charge in [-0.15, -0.1) is 11.3 Å². The highest BCUT2D eigenvalue weighted by Gasteiger charge is 2.23. The van der Waals surface area contributed by atoms with Crippen LogP contribution in [0.1, 0.15) is 28.6 Å². The van der Waals surface area contributed by atoms with E-state index in [4.69, 9.17) is 0 Å². The van der Waals surface area contributed by atoms with E-state index in [0.717, 1.165) is 41.0 Å². The summed E-state index contributed by atoms with van der Waals surface area (Å²) in [6.45, 7) is 5.08. The molecule has 2 aromatic rings. The van der Waals surface area contributed by atoms with Gasteiger partial charge in [0, 0.05) is 35.3 Å². The molecular weight excluding hydrogens is 302 g/mol. The second-order valence-corrected chi connectivity index (χ2v) is 7.81. The maximum atomic E-state index is 11.5. The first kappa shape index (κ1) is 14.9. The Labute approximate surface area is 133 Å². The number of thiophene rings is 1. The fraction of sp³-hybridized carbons (Fsp3) is 0.438. The van der Waals surface area contributed by atoms with E-state index < -0.39 is 5.97 Å². The van der Waals surface area contributed by atoms with Gasteiger partial charge in [0.05, 0.1) is 0 Å². The second-order valence-electron chi connectivity index (χ2n) is 5.35. The number of carboxylic acids is 1. The Morgan fingerprint density at radius 1 is 1.43 bits per heavy atom. The number of benzene rings is 1. The number of carboxylic acid groups (broad SMARTS) is 1. The zero-order chi connectivity index (χ0) is 14.8. The van der Waals surface area contributed by atoms with E-state index in [2.05, 4.69) is 11.8 Å². The molecule has 5 heteroatoms. The van der Waals surface area contributed by atoms with Crippen LogP contribution in [0.4, 0.5) is 0 Å². The molecule has 0 spiro atoms. The van der Waals surface area contributed by atoms with E-state index in [1.54, 1.807) is 0 Å². The highest BCUT2D eigenvalue weighted by molar-refractivity contribution is 8.00. The van der Waals surface area contributed by atoms with Crippen molar-refractivity contribution in [1.82, 2.24) is 4.90 Å². The quantitative estimate of drug-likeness (QED) is 0.926. The summed E-state index contributed by atoms with van der Waals surface area (Å²) in [5, 5.41) is 11.3. The van der Waals surface area contributed by atoms with E-state index in [-0.39, 0.29) is 0 Å². The molecular formula is C16H19NO2S2. The zero-order valence-electron chi connectivity index (χ0n) is 12.0. The summed E-state index contributed by atoms with van der Waals surface area (Å²) >= 11 is 3.43. The van der Waals surface area contributed by atoms with Crippen molar-refractivity contribution in [3.8, 4) is 0 Å². The molecule has 0 aliphatic carbocycles. The van der Waals surface area contributed by atoms with Crippen LogP contribution in [-0.4, -0.2) is 40.1 Å². The van der Waals surface area contributed by atoms with Gasteiger partial charge in [0.25, 0.3) is 0 Å². The predicted octanol–water partition coefficient (Wildman–Crippen LogP) is 3.93. The summed E-state index contributed by atoms with van der Waals surface area (Å²) in [5.74, 6) is 0.341. The van der Waals surface area contributed by atoms with Crippen molar-refractivity contribution in [2.45, 2.75) is 25.1 Å². The van der Waals surface area contributed by atoms with Crippen LogP contribution < -0.4 is 0 Å². The number of aromatic carboxylic acids is 1. The minimum absolute atomic E-state index is 0.502. The Morgan fingerprint density at radius 3 is 3.00 bits per heavy atom. The Hall–Kier alpha value is -1.04. The number of hydrogen-bond acceptors (Lipinski definition) is 4. The summed E-state index contributed by atoms with van der Waals surface area (Å²) < 4.78 is 1.07. The fourth-order valence-electron chi connectivity index (χ4n) is 2.82. The molecule has 1 unspecified atom stereocenters. The average Bonchev–Trinajstić information content (AvgIpc) is 2.87. The predicted molar refractivity (Wildman–Crippen MR) is 90.6 cm³/mol. The lowest BCUT2D eigenvalue weighted by Crippen LogP contribution is -2.37. The summed E-state index contributed by atoms with van der Waals surface area (Å²) in [7, 11) is 0. The van der Waals surface area contributed by atoms with Crippen LogP contribution in [0.3, 0.4) is 0 Å². The molecule has 1 fully saturated rings. The van der Waals surface area contributed by atoms with Gasteiger partial charge < -0.3 is 5.11 Å². The number of nitrogens with zero attached hydrogens (tertiary/aromatic N) is 1. The summed E-state index contributed by atoms with van der Waals surface area (Å²) in [5.41, 5.74) is 0.991. The van der Waals surface area contributed by atoms with Crippen LogP contribution in [-0.2, 0) is 6.54 Å². The molecule has 3 nitrogen and oxygen atoms in total. The Balaban J connectivity index is 1.91. The molecule has 1 aliphatic rings. The van der Waals surface area contributed by atoms with Crippen molar-refractivity contribution < 1.29 is 9.90 Å². The van der Waals surface area contributed by atoms with E-state index in [9.17, 15) is 9.90 Å². The molecule has 21 heavy (non-hydrogen) atoms. The highest BCUT2D eigenvalue weighted by atomic mass is 32.2. The Kier molecular flexibility index (Phi) is 4.52. The van der Waals surface area contributed by atoms with E-state index in [0.29, 0.717) is 10.1 Å². The molecule has 0 amide bonds. The molecule has 0 saturated carbocycles. The molecule has 1 saturated heterocycles. The van der Waals surface area contributed by atoms with Crippen molar-refractivity contribution in [2.24, 2.45) is 0 Å². The molecule has 0 bridgehead atoms. The molecule has 112 valence electrons.